The molecule has 0 spiro atoms. The molecule has 0 saturated carbocycles. The maximum atomic E-state index is 5.92. The highest BCUT2D eigenvalue weighted by Crippen LogP contribution is 2.17. The van der Waals surface area contributed by atoms with Gasteiger partial charge in [0.2, 0.25) is 0 Å². The number of anilines is 1. The van der Waals surface area contributed by atoms with Gasteiger partial charge >= 0.3 is 0 Å². The molecular weight excluding hydrogens is 441 g/mol. The monoisotopic (exact) mass is 459 g/mol. The van der Waals surface area contributed by atoms with E-state index in [1.807, 2.05) is 30.3 Å². The molecule has 3 N–H and O–H groups in total. The minimum atomic E-state index is 0. The van der Waals surface area contributed by atoms with Crippen LogP contribution in [0.3, 0.4) is 0 Å². The second-order valence-corrected chi connectivity index (χ2v) is 5.57. The first-order chi connectivity index (χ1) is 9.56. The molecule has 5 heteroatoms. The molecule has 2 aromatic carbocycles. The van der Waals surface area contributed by atoms with Crippen molar-refractivity contribution in [2.24, 2.45) is 10.7 Å². The van der Waals surface area contributed by atoms with Crippen molar-refractivity contribution < 1.29 is 0 Å². The van der Waals surface area contributed by atoms with Crippen LogP contribution in [0, 0.1) is 13.8 Å². The fourth-order valence-corrected chi connectivity index (χ4v) is 2.21. The molecule has 0 aliphatic heterocycles. The third-order valence-electron chi connectivity index (χ3n) is 3.16. The van der Waals surface area contributed by atoms with Gasteiger partial charge in [-0.1, -0.05) is 40.2 Å². The van der Waals surface area contributed by atoms with Crippen molar-refractivity contribution in [3.8, 4) is 0 Å². The lowest BCUT2D eigenvalue weighted by molar-refractivity contribution is 1.05. The molecule has 0 amide bonds. The summed E-state index contributed by atoms with van der Waals surface area (Å²) in [6.07, 6.45) is 0. The molecule has 0 unspecified atom stereocenters. The van der Waals surface area contributed by atoms with Gasteiger partial charge in [-0.3, -0.25) is 0 Å². The number of nitrogens with one attached hydrogen (secondary N) is 1. The van der Waals surface area contributed by atoms with Crippen LogP contribution in [0.1, 0.15) is 16.7 Å². The maximum Gasteiger partial charge on any atom is 0.193 e. The molecule has 0 atom stereocenters. The van der Waals surface area contributed by atoms with E-state index in [1.54, 1.807) is 0 Å². The van der Waals surface area contributed by atoms with Crippen LogP contribution in [0.2, 0.25) is 0 Å². The van der Waals surface area contributed by atoms with E-state index in [1.165, 1.54) is 11.1 Å². The zero-order valence-corrected chi connectivity index (χ0v) is 16.0. The van der Waals surface area contributed by atoms with Gasteiger partial charge in [-0.15, -0.1) is 24.0 Å². The lowest BCUT2D eigenvalue weighted by atomic mass is 10.1. The van der Waals surface area contributed by atoms with Crippen molar-refractivity contribution >= 4 is 51.6 Å². The molecule has 2 rings (SSSR count). The van der Waals surface area contributed by atoms with E-state index in [2.05, 4.69) is 52.2 Å². The SMILES string of the molecule is Cc1ccc(NC(N)=NCc2ccccc2Br)cc1C.I. The zero-order valence-electron chi connectivity index (χ0n) is 12.1. The molecule has 112 valence electrons. The third kappa shape index (κ3) is 5.32. The average molecular weight is 460 g/mol. The van der Waals surface area contributed by atoms with Crippen LogP contribution in [0.5, 0.6) is 0 Å². The van der Waals surface area contributed by atoms with Crippen LogP contribution in [-0.4, -0.2) is 5.96 Å². The summed E-state index contributed by atoms with van der Waals surface area (Å²) in [5.74, 6) is 0.420. The lowest BCUT2D eigenvalue weighted by Gasteiger charge is -2.08. The molecule has 21 heavy (non-hydrogen) atoms. The summed E-state index contributed by atoms with van der Waals surface area (Å²) < 4.78 is 1.04. The molecule has 0 heterocycles. The van der Waals surface area contributed by atoms with Gasteiger partial charge in [0.25, 0.3) is 0 Å². The lowest BCUT2D eigenvalue weighted by Crippen LogP contribution is -2.22. The highest BCUT2D eigenvalue weighted by Gasteiger charge is 2.00. The van der Waals surface area contributed by atoms with Crippen LogP contribution in [0.15, 0.2) is 51.9 Å². The number of aryl methyl sites for hydroxylation is 2. The predicted molar refractivity (Wildman–Crippen MR) is 104 cm³/mol. The molecule has 3 nitrogen and oxygen atoms in total. The summed E-state index contributed by atoms with van der Waals surface area (Å²) in [4.78, 5) is 4.36. The van der Waals surface area contributed by atoms with Crippen molar-refractivity contribution in [2.45, 2.75) is 20.4 Å². The minimum absolute atomic E-state index is 0. The second-order valence-electron chi connectivity index (χ2n) is 4.72. The standard InChI is InChI=1S/C16H18BrN3.HI/c1-11-7-8-14(9-12(11)2)20-16(18)19-10-13-5-3-4-6-15(13)17;/h3-9H,10H2,1-2H3,(H3,18,19,20);1H. The smallest absolute Gasteiger partial charge is 0.193 e. The number of halogens is 2. The van der Waals surface area contributed by atoms with E-state index in [0.717, 1.165) is 15.7 Å². The molecule has 0 saturated heterocycles. The number of benzene rings is 2. The van der Waals surface area contributed by atoms with E-state index in [9.17, 15) is 0 Å². The van der Waals surface area contributed by atoms with Gasteiger partial charge in [0.15, 0.2) is 5.96 Å². The number of rotatable bonds is 3. The fourth-order valence-electron chi connectivity index (χ4n) is 1.80. The van der Waals surface area contributed by atoms with Gasteiger partial charge in [-0.2, -0.15) is 0 Å². The Morgan fingerprint density at radius 1 is 1.14 bits per heavy atom. The number of hydrogen-bond donors (Lipinski definition) is 2. The first-order valence-corrected chi connectivity index (χ1v) is 7.23. The summed E-state index contributed by atoms with van der Waals surface area (Å²) in [5, 5.41) is 3.11. The predicted octanol–water partition coefficient (Wildman–Crippen LogP) is 4.61. The Balaban J connectivity index is 0.00000220. The molecule has 0 bridgehead atoms. The van der Waals surface area contributed by atoms with Crippen LogP contribution >= 0.6 is 39.9 Å². The normalized spacial score (nSPS) is 10.9. The quantitative estimate of drug-likeness (QED) is 0.400. The minimum Gasteiger partial charge on any atom is -0.370 e. The summed E-state index contributed by atoms with van der Waals surface area (Å²) in [6, 6.07) is 14.1. The van der Waals surface area contributed by atoms with E-state index >= 15 is 0 Å². The van der Waals surface area contributed by atoms with Gasteiger partial charge in [-0.05, 0) is 48.7 Å². The molecule has 0 fully saturated rings. The number of aliphatic imine (C=N–C) groups is 1. The van der Waals surface area contributed by atoms with Crippen molar-refractivity contribution in [1.82, 2.24) is 0 Å². The summed E-state index contributed by atoms with van der Waals surface area (Å²) in [7, 11) is 0. The zero-order chi connectivity index (χ0) is 14.5. The first kappa shape index (κ1) is 18.0. The average Bonchev–Trinajstić information content (AvgIpc) is 2.42. The molecule has 0 aliphatic rings. The Morgan fingerprint density at radius 3 is 2.52 bits per heavy atom. The second kappa shape index (κ2) is 8.38. The van der Waals surface area contributed by atoms with Gasteiger partial charge in [0, 0.05) is 10.2 Å². The third-order valence-corrected chi connectivity index (χ3v) is 3.93. The van der Waals surface area contributed by atoms with E-state index in [-0.39, 0.29) is 24.0 Å². The Hall–Kier alpha value is -1.08. The summed E-state index contributed by atoms with van der Waals surface area (Å²) in [6.45, 7) is 4.71. The van der Waals surface area contributed by atoms with Gasteiger partial charge in [0.05, 0.1) is 6.54 Å². The molecule has 0 aromatic heterocycles. The maximum absolute atomic E-state index is 5.92. The summed E-state index contributed by atoms with van der Waals surface area (Å²) >= 11 is 3.50. The molecule has 0 aliphatic carbocycles. The van der Waals surface area contributed by atoms with Crippen LogP contribution < -0.4 is 11.1 Å². The highest BCUT2D eigenvalue weighted by molar-refractivity contribution is 14.0. The molecule has 2 aromatic rings. The van der Waals surface area contributed by atoms with Crippen molar-refractivity contribution in [3.63, 3.8) is 0 Å². The van der Waals surface area contributed by atoms with Crippen LogP contribution in [0.25, 0.3) is 0 Å². The van der Waals surface area contributed by atoms with E-state index in [4.69, 9.17) is 5.73 Å². The van der Waals surface area contributed by atoms with Crippen molar-refractivity contribution in [1.29, 1.82) is 0 Å². The number of guanidine groups is 1. The van der Waals surface area contributed by atoms with Gasteiger partial charge in [-0.25, -0.2) is 4.99 Å². The molecular formula is C16H19BrIN3. The Bertz CT molecular complexity index is 641. The van der Waals surface area contributed by atoms with Gasteiger partial charge < -0.3 is 11.1 Å². The Morgan fingerprint density at radius 2 is 1.86 bits per heavy atom. The highest BCUT2D eigenvalue weighted by atomic mass is 127. The van der Waals surface area contributed by atoms with E-state index in [0.29, 0.717) is 12.5 Å². The topological polar surface area (TPSA) is 50.4 Å². The van der Waals surface area contributed by atoms with Crippen LogP contribution in [-0.2, 0) is 6.54 Å². The first-order valence-electron chi connectivity index (χ1n) is 6.44. The van der Waals surface area contributed by atoms with Crippen molar-refractivity contribution in [3.05, 3.63) is 63.6 Å². The Kier molecular flexibility index (Phi) is 7.17. The number of hydrogen-bond acceptors (Lipinski definition) is 1. The van der Waals surface area contributed by atoms with Gasteiger partial charge in [0.1, 0.15) is 0 Å². The Labute approximate surface area is 151 Å². The largest absolute Gasteiger partial charge is 0.370 e. The number of nitrogens with two attached hydrogens (primary N) is 1. The summed E-state index contributed by atoms with van der Waals surface area (Å²) in [5.41, 5.74) is 10.5. The van der Waals surface area contributed by atoms with Crippen LogP contribution in [0.4, 0.5) is 5.69 Å². The fraction of sp³-hybridized carbons (Fsp3) is 0.188. The van der Waals surface area contributed by atoms with E-state index < -0.39 is 0 Å². The van der Waals surface area contributed by atoms with Crippen molar-refractivity contribution in [2.75, 3.05) is 5.32 Å². The number of nitrogens with zero attached hydrogens (tertiary/aromatic N) is 1. The molecule has 0 radical (unpaired) electrons.